The Labute approximate surface area is 123 Å². The van der Waals surface area contributed by atoms with Crippen LogP contribution in [0.5, 0.6) is 11.5 Å². The fourth-order valence-corrected chi connectivity index (χ4v) is 2.79. The normalized spacial score (nSPS) is 13.8. The molecule has 0 amide bonds. The van der Waals surface area contributed by atoms with E-state index < -0.39 is 0 Å². The molecule has 0 radical (unpaired) electrons. The maximum absolute atomic E-state index is 12.4. The van der Waals surface area contributed by atoms with E-state index in [1.165, 1.54) is 23.8 Å². The number of fused-ring (bicyclic) bond motifs is 1. The SMILES string of the molecule is O=C(CN1CCCc2ccccc21)c1ccc(O)cc1O. The Morgan fingerprint density at radius 3 is 2.76 bits per heavy atom. The number of aryl methyl sites for hydroxylation is 1. The Morgan fingerprint density at radius 1 is 1.14 bits per heavy atom. The highest BCUT2D eigenvalue weighted by Crippen LogP contribution is 2.28. The summed E-state index contributed by atoms with van der Waals surface area (Å²) in [5, 5.41) is 19.1. The van der Waals surface area contributed by atoms with Crippen LogP contribution in [0.25, 0.3) is 0 Å². The molecule has 0 saturated carbocycles. The van der Waals surface area contributed by atoms with Crippen LogP contribution in [0.3, 0.4) is 0 Å². The zero-order chi connectivity index (χ0) is 14.8. The number of phenolic OH excluding ortho intramolecular Hbond substituents is 2. The summed E-state index contributed by atoms with van der Waals surface area (Å²) >= 11 is 0. The van der Waals surface area contributed by atoms with Crippen LogP contribution in [0, 0.1) is 0 Å². The first-order valence-electron chi connectivity index (χ1n) is 7.03. The van der Waals surface area contributed by atoms with Gasteiger partial charge in [-0.2, -0.15) is 0 Å². The van der Waals surface area contributed by atoms with Crippen molar-refractivity contribution in [2.75, 3.05) is 18.0 Å². The van der Waals surface area contributed by atoms with Gasteiger partial charge in [0.1, 0.15) is 11.5 Å². The molecular formula is C17H17NO3. The van der Waals surface area contributed by atoms with Gasteiger partial charge in [0.25, 0.3) is 0 Å². The fourth-order valence-electron chi connectivity index (χ4n) is 2.79. The van der Waals surface area contributed by atoms with Gasteiger partial charge in [0.2, 0.25) is 0 Å². The van der Waals surface area contributed by atoms with Gasteiger partial charge < -0.3 is 15.1 Å². The van der Waals surface area contributed by atoms with Gasteiger partial charge in [-0.15, -0.1) is 0 Å². The highest BCUT2D eigenvalue weighted by Gasteiger charge is 2.20. The van der Waals surface area contributed by atoms with Gasteiger partial charge in [-0.05, 0) is 36.6 Å². The Bertz CT molecular complexity index is 681. The number of phenols is 2. The highest BCUT2D eigenvalue weighted by atomic mass is 16.3. The number of nitrogens with zero attached hydrogens (tertiary/aromatic N) is 1. The average molecular weight is 283 g/mol. The lowest BCUT2D eigenvalue weighted by molar-refractivity contribution is 0.0996. The third-order valence-electron chi connectivity index (χ3n) is 3.82. The van der Waals surface area contributed by atoms with Crippen molar-refractivity contribution in [1.29, 1.82) is 0 Å². The van der Waals surface area contributed by atoms with Crippen molar-refractivity contribution < 1.29 is 15.0 Å². The quantitative estimate of drug-likeness (QED) is 0.850. The van der Waals surface area contributed by atoms with Crippen LogP contribution >= 0.6 is 0 Å². The van der Waals surface area contributed by atoms with Crippen molar-refractivity contribution >= 4 is 11.5 Å². The van der Waals surface area contributed by atoms with Crippen LogP contribution in [-0.4, -0.2) is 29.1 Å². The standard InChI is InChI=1S/C17H17NO3/c19-13-7-8-14(16(20)10-13)17(21)11-18-9-3-5-12-4-1-2-6-15(12)18/h1-2,4,6-8,10,19-20H,3,5,9,11H2. The second kappa shape index (κ2) is 5.48. The predicted octanol–water partition coefficient (Wildman–Crippen LogP) is 2.73. The number of aromatic hydroxyl groups is 2. The van der Waals surface area contributed by atoms with Crippen LogP contribution in [0.15, 0.2) is 42.5 Å². The molecule has 0 fully saturated rings. The molecule has 2 aromatic rings. The van der Waals surface area contributed by atoms with E-state index in [-0.39, 0.29) is 29.4 Å². The number of para-hydroxylation sites is 1. The van der Waals surface area contributed by atoms with Gasteiger partial charge in [-0.25, -0.2) is 0 Å². The van der Waals surface area contributed by atoms with Gasteiger partial charge >= 0.3 is 0 Å². The first-order valence-corrected chi connectivity index (χ1v) is 7.03. The third-order valence-corrected chi connectivity index (χ3v) is 3.82. The average Bonchev–Trinajstić information content (AvgIpc) is 2.47. The molecular weight excluding hydrogens is 266 g/mol. The van der Waals surface area contributed by atoms with Crippen molar-refractivity contribution in [2.45, 2.75) is 12.8 Å². The maximum atomic E-state index is 12.4. The van der Waals surface area contributed by atoms with E-state index >= 15 is 0 Å². The molecule has 0 bridgehead atoms. The zero-order valence-electron chi connectivity index (χ0n) is 11.6. The molecule has 21 heavy (non-hydrogen) atoms. The molecule has 0 unspecified atom stereocenters. The molecule has 3 rings (SSSR count). The summed E-state index contributed by atoms with van der Waals surface area (Å²) in [5.41, 5.74) is 2.60. The summed E-state index contributed by atoms with van der Waals surface area (Å²) in [6, 6.07) is 12.2. The highest BCUT2D eigenvalue weighted by molar-refractivity contribution is 6.01. The fraction of sp³-hybridized carbons (Fsp3) is 0.235. The van der Waals surface area contributed by atoms with Gasteiger partial charge in [0.15, 0.2) is 5.78 Å². The summed E-state index contributed by atoms with van der Waals surface area (Å²) < 4.78 is 0. The van der Waals surface area contributed by atoms with Crippen LogP contribution < -0.4 is 4.90 Å². The number of benzene rings is 2. The second-order valence-corrected chi connectivity index (χ2v) is 5.28. The minimum Gasteiger partial charge on any atom is -0.508 e. The summed E-state index contributed by atoms with van der Waals surface area (Å²) in [4.78, 5) is 14.4. The Balaban J connectivity index is 1.83. The number of carbonyl (C=O) groups excluding carboxylic acids is 1. The minimum absolute atomic E-state index is 0.0487. The number of anilines is 1. The number of carbonyl (C=O) groups is 1. The molecule has 2 N–H and O–H groups in total. The van der Waals surface area contributed by atoms with Gasteiger partial charge in [-0.3, -0.25) is 4.79 Å². The molecule has 4 heteroatoms. The monoisotopic (exact) mass is 283 g/mol. The number of hydrogen-bond acceptors (Lipinski definition) is 4. The van der Waals surface area contributed by atoms with Gasteiger partial charge in [-0.1, -0.05) is 18.2 Å². The lowest BCUT2D eigenvalue weighted by Crippen LogP contribution is -2.34. The van der Waals surface area contributed by atoms with Crippen molar-refractivity contribution in [3.8, 4) is 11.5 Å². The van der Waals surface area contributed by atoms with E-state index in [4.69, 9.17) is 0 Å². The summed E-state index contributed by atoms with van der Waals surface area (Å²) in [7, 11) is 0. The van der Waals surface area contributed by atoms with Crippen LogP contribution in [0.2, 0.25) is 0 Å². The second-order valence-electron chi connectivity index (χ2n) is 5.28. The molecule has 1 heterocycles. The molecule has 4 nitrogen and oxygen atoms in total. The summed E-state index contributed by atoms with van der Waals surface area (Å²) in [5.74, 6) is -0.373. The number of Topliss-reactive ketones (excluding diaryl/α,β-unsaturated/α-hetero) is 1. The summed E-state index contributed by atoms with van der Waals surface area (Å²) in [6.45, 7) is 1.07. The lowest BCUT2D eigenvalue weighted by Gasteiger charge is -2.30. The van der Waals surface area contributed by atoms with E-state index in [0.29, 0.717) is 0 Å². The van der Waals surface area contributed by atoms with Crippen LogP contribution in [0.4, 0.5) is 5.69 Å². The first kappa shape index (κ1) is 13.5. The van der Waals surface area contributed by atoms with Crippen LogP contribution in [-0.2, 0) is 6.42 Å². The van der Waals surface area contributed by atoms with Crippen molar-refractivity contribution in [1.82, 2.24) is 0 Å². The van der Waals surface area contributed by atoms with E-state index in [2.05, 4.69) is 6.07 Å². The predicted molar refractivity (Wildman–Crippen MR) is 81.1 cm³/mol. The maximum Gasteiger partial charge on any atom is 0.185 e. The van der Waals surface area contributed by atoms with Crippen LogP contribution in [0.1, 0.15) is 22.3 Å². The largest absolute Gasteiger partial charge is 0.508 e. The van der Waals surface area contributed by atoms with Crippen molar-refractivity contribution in [3.05, 3.63) is 53.6 Å². The Kier molecular flexibility index (Phi) is 3.52. The third kappa shape index (κ3) is 2.70. The molecule has 1 aliphatic heterocycles. The molecule has 0 aromatic heterocycles. The summed E-state index contributed by atoms with van der Waals surface area (Å²) in [6.07, 6.45) is 2.05. The molecule has 0 atom stereocenters. The van der Waals surface area contributed by atoms with Gasteiger partial charge in [0, 0.05) is 18.3 Å². The number of hydrogen-bond donors (Lipinski definition) is 2. The Hall–Kier alpha value is -2.49. The zero-order valence-corrected chi connectivity index (χ0v) is 11.6. The topological polar surface area (TPSA) is 60.8 Å². The number of rotatable bonds is 3. The Morgan fingerprint density at radius 2 is 1.95 bits per heavy atom. The van der Waals surface area contributed by atoms with E-state index in [1.54, 1.807) is 0 Å². The molecule has 108 valence electrons. The molecule has 0 aliphatic carbocycles. The van der Waals surface area contributed by atoms with Gasteiger partial charge in [0.05, 0.1) is 12.1 Å². The smallest absolute Gasteiger partial charge is 0.185 e. The van der Waals surface area contributed by atoms with E-state index in [9.17, 15) is 15.0 Å². The molecule has 1 aliphatic rings. The molecule has 0 spiro atoms. The lowest BCUT2D eigenvalue weighted by atomic mass is 10.0. The van der Waals surface area contributed by atoms with Crippen molar-refractivity contribution in [2.24, 2.45) is 0 Å². The molecule has 0 saturated heterocycles. The number of ketones is 1. The molecule has 2 aromatic carbocycles. The minimum atomic E-state index is -0.176. The van der Waals surface area contributed by atoms with Crippen molar-refractivity contribution in [3.63, 3.8) is 0 Å². The van der Waals surface area contributed by atoms with E-state index in [0.717, 1.165) is 25.1 Å². The first-order chi connectivity index (χ1) is 10.1. The van der Waals surface area contributed by atoms with E-state index in [1.807, 2.05) is 23.1 Å².